The quantitative estimate of drug-likeness (QED) is 0.931. The van der Waals surface area contributed by atoms with Crippen LogP contribution < -0.4 is 15.4 Å². The molecule has 0 amide bonds. The van der Waals surface area contributed by atoms with Gasteiger partial charge in [0.1, 0.15) is 11.9 Å². The van der Waals surface area contributed by atoms with Gasteiger partial charge in [0.2, 0.25) is 0 Å². The van der Waals surface area contributed by atoms with E-state index in [1.165, 1.54) is 11.3 Å². The fourth-order valence-electron chi connectivity index (χ4n) is 2.97. The van der Waals surface area contributed by atoms with Gasteiger partial charge in [-0.1, -0.05) is 13.8 Å². The molecule has 0 radical (unpaired) electrons. The number of hydrogen-bond acceptors (Lipinski definition) is 5. The lowest BCUT2D eigenvalue weighted by Crippen LogP contribution is -2.40. The van der Waals surface area contributed by atoms with E-state index in [-0.39, 0.29) is 6.10 Å². The second-order valence-electron chi connectivity index (χ2n) is 6.37. The molecule has 1 aromatic heterocycles. The van der Waals surface area contributed by atoms with E-state index in [9.17, 15) is 0 Å². The van der Waals surface area contributed by atoms with Crippen LogP contribution in [-0.2, 0) is 0 Å². The maximum absolute atomic E-state index is 5.99. The van der Waals surface area contributed by atoms with Gasteiger partial charge in [0, 0.05) is 17.0 Å². The average Bonchev–Trinajstić information content (AvgIpc) is 2.76. The summed E-state index contributed by atoms with van der Waals surface area (Å²) in [5.41, 5.74) is 9.09. The molecular weight excluding hydrogens is 294 g/mol. The van der Waals surface area contributed by atoms with E-state index in [2.05, 4.69) is 55.8 Å². The fraction of sp³-hybridized carbons (Fsp3) is 0.471. The Morgan fingerprint density at radius 2 is 2.23 bits per heavy atom. The smallest absolute Gasteiger partial charge is 0.180 e. The monoisotopic (exact) mass is 317 g/mol. The van der Waals surface area contributed by atoms with E-state index in [0.29, 0.717) is 11.0 Å². The lowest BCUT2D eigenvalue weighted by molar-refractivity contribution is 0.211. The number of fused-ring (bicyclic) bond motifs is 1. The Kier molecular flexibility index (Phi) is 4.00. The van der Waals surface area contributed by atoms with E-state index >= 15 is 0 Å². The van der Waals surface area contributed by atoms with Gasteiger partial charge >= 0.3 is 0 Å². The number of thiazole rings is 1. The second-order valence-corrected chi connectivity index (χ2v) is 7.60. The third-order valence-electron chi connectivity index (χ3n) is 3.78. The minimum Gasteiger partial charge on any atom is -0.487 e. The van der Waals surface area contributed by atoms with Gasteiger partial charge in [-0.3, -0.25) is 0 Å². The van der Waals surface area contributed by atoms with Crippen LogP contribution in [0.15, 0.2) is 18.2 Å². The van der Waals surface area contributed by atoms with Crippen molar-refractivity contribution in [2.75, 3.05) is 23.7 Å². The van der Waals surface area contributed by atoms with Crippen molar-refractivity contribution in [2.45, 2.75) is 33.8 Å². The minimum absolute atomic E-state index is 0.216. The van der Waals surface area contributed by atoms with Crippen LogP contribution in [0.5, 0.6) is 5.75 Å². The third kappa shape index (κ3) is 2.90. The lowest BCUT2D eigenvalue weighted by Gasteiger charge is -2.36. The number of nitrogens with zero attached hydrogens (tertiary/aromatic N) is 2. The van der Waals surface area contributed by atoms with Gasteiger partial charge in [-0.05, 0) is 38.0 Å². The molecule has 118 valence electrons. The highest BCUT2D eigenvalue weighted by Gasteiger charge is 2.24. The van der Waals surface area contributed by atoms with Crippen molar-refractivity contribution >= 4 is 22.2 Å². The molecule has 1 aliphatic heterocycles. The van der Waals surface area contributed by atoms with Crippen LogP contribution >= 0.6 is 11.3 Å². The van der Waals surface area contributed by atoms with E-state index in [0.717, 1.165) is 40.7 Å². The Morgan fingerprint density at radius 3 is 2.86 bits per heavy atom. The standard InChI is InChI=1S/C17H23N3OS/c1-10(2)8-20-9-11(3)21-15-6-5-13(7-14(15)20)16-12(4)22-17(18)19-16/h5-7,10-11H,8-9H2,1-4H3,(H2,18,19). The van der Waals surface area contributed by atoms with Gasteiger partial charge in [0.15, 0.2) is 5.13 Å². The van der Waals surface area contributed by atoms with E-state index in [4.69, 9.17) is 10.5 Å². The van der Waals surface area contributed by atoms with E-state index in [1.807, 2.05) is 0 Å². The molecule has 1 unspecified atom stereocenters. The molecule has 4 nitrogen and oxygen atoms in total. The van der Waals surface area contributed by atoms with Crippen molar-refractivity contribution in [3.8, 4) is 17.0 Å². The predicted octanol–water partition coefficient (Wildman–Crippen LogP) is 3.94. The highest BCUT2D eigenvalue weighted by atomic mass is 32.1. The minimum atomic E-state index is 0.216. The van der Waals surface area contributed by atoms with Crippen molar-refractivity contribution in [2.24, 2.45) is 5.92 Å². The van der Waals surface area contributed by atoms with Crippen LogP contribution in [-0.4, -0.2) is 24.2 Å². The highest BCUT2D eigenvalue weighted by molar-refractivity contribution is 7.15. The van der Waals surface area contributed by atoms with Crippen molar-refractivity contribution < 1.29 is 4.74 Å². The van der Waals surface area contributed by atoms with Crippen LogP contribution in [0.1, 0.15) is 25.6 Å². The predicted molar refractivity (Wildman–Crippen MR) is 93.8 cm³/mol. The number of aryl methyl sites for hydroxylation is 1. The fourth-order valence-corrected chi connectivity index (χ4v) is 3.68. The van der Waals surface area contributed by atoms with E-state index in [1.54, 1.807) is 0 Å². The summed E-state index contributed by atoms with van der Waals surface area (Å²) in [5, 5.41) is 0.620. The first kappa shape index (κ1) is 15.2. The summed E-state index contributed by atoms with van der Waals surface area (Å²) in [6, 6.07) is 6.32. The maximum atomic E-state index is 5.99. The number of anilines is 2. The third-order valence-corrected chi connectivity index (χ3v) is 4.58. The molecule has 1 atom stereocenters. The number of hydrogen-bond donors (Lipinski definition) is 1. The van der Waals surface area contributed by atoms with Gasteiger partial charge in [-0.2, -0.15) is 0 Å². The summed E-state index contributed by atoms with van der Waals surface area (Å²) in [5.74, 6) is 1.57. The Hall–Kier alpha value is -1.75. The van der Waals surface area contributed by atoms with Gasteiger partial charge in [0.25, 0.3) is 0 Å². The molecule has 2 heterocycles. The summed E-state index contributed by atoms with van der Waals surface area (Å²) in [7, 11) is 0. The van der Waals surface area contributed by atoms with Crippen molar-refractivity contribution in [1.29, 1.82) is 0 Å². The van der Waals surface area contributed by atoms with Crippen LogP contribution in [0.2, 0.25) is 0 Å². The summed E-state index contributed by atoms with van der Waals surface area (Å²) in [4.78, 5) is 8.04. The first-order valence-electron chi connectivity index (χ1n) is 7.73. The van der Waals surface area contributed by atoms with E-state index < -0.39 is 0 Å². The number of nitrogens with two attached hydrogens (primary N) is 1. The first-order chi connectivity index (χ1) is 10.4. The normalized spacial score (nSPS) is 17.5. The summed E-state index contributed by atoms with van der Waals surface area (Å²) >= 11 is 1.54. The van der Waals surface area contributed by atoms with Crippen LogP contribution in [0, 0.1) is 12.8 Å². The van der Waals surface area contributed by atoms with Crippen LogP contribution in [0.3, 0.4) is 0 Å². The molecule has 1 aromatic carbocycles. The molecular formula is C17H23N3OS. The molecule has 2 aromatic rings. The Labute approximate surface area is 135 Å². The number of aromatic nitrogens is 1. The zero-order valence-corrected chi connectivity index (χ0v) is 14.4. The molecule has 0 saturated carbocycles. The largest absolute Gasteiger partial charge is 0.487 e. The molecule has 0 fully saturated rings. The zero-order valence-electron chi connectivity index (χ0n) is 13.6. The SMILES string of the molecule is Cc1sc(N)nc1-c1ccc2c(c1)N(CC(C)C)CC(C)O2. The van der Waals surface area contributed by atoms with Gasteiger partial charge < -0.3 is 15.4 Å². The Bertz CT molecular complexity index is 681. The molecule has 3 rings (SSSR count). The van der Waals surface area contributed by atoms with Crippen molar-refractivity contribution in [3.05, 3.63) is 23.1 Å². The first-order valence-corrected chi connectivity index (χ1v) is 8.54. The van der Waals surface area contributed by atoms with Gasteiger partial charge in [0.05, 0.1) is 17.9 Å². The molecule has 1 aliphatic rings. The average molecular weight is 317 g/mol. The topological polar surface area (TPSA) is 51.4 Å². The van der Waals surface area contributed by atoms with Crippen LogP contribution in [0.4, 0.5) is 10.8 Å². The number of rotatable bonds is 3. The molecule has 0 spiro atoms. The summed E-state index contributed by atoms with van der Waals surface area (Å²) in [6.45, 7) is 10.6. The molecule has 2 N–H and O–H groups in total. The highest BCUT2D eigenvalue weighted by Crippen LogP contribution is 2.38. The number of nitrogen functional groups attached to an aromatic ring is 1. The zero-order chi connectivity index (χ0) is 15.9. The number of benzene rings is 1. The molecule has 0 aliphatic carbocycles. The Morgan fingerprint density at radius 1 is 1.45 bits per heavy atom. The number of ether oxygens (including phenoxy) is 1. The second kappa shape index (κ2) is 5.80. The van der Waals surface area contributed by atoms with Gasteiger partial charge in [-0.25, -0.2) is 4.98 Å². The summed E-state index contributed by atoms with van der Waals surface area (Å²) < 4.78 is 5.99. The molecule has 0 bridgehead atoms. The van der Waals surface area contributed by atoms with Crippen LogP contribution in [0.25, 0.3) is 11.3 Å². The lowest BCUT2D eigenvalue weighted by atomic mass is 10.1. The van der Waals surface area contributed by atoms with Crippen molar-refractivity contribution in [3.63, 3.8) is 0 Å². The Balaban J connectivity index is 2.02. The van der Waals surface area contributed by atoms with Crippen molar-refractivity contribution in [1.82, 2.24) is 4.98 Å². The summed E-state index contributed by atoms with van der Waals surface area (Å²) in [6.07, 6.45) is 0.216. The maximum Gasteiger partial charge on any atom is 0.180 e. The molecule has 22 heavy (non-hydrogen) atoms. The molecule has 5 heteroatoms. The van der Waals surface area contributed by atoms with Gasteiger partial charge in [-0.15, -0.1) is 11.3 Å². The molecule has 0 saturated heterocycles.